The van der Waals surface area contributed by atoms with Crippen molar-refractivity contribution in [1.29, 1.82) is 5.26 Å². The van der Waals surface area contributed by atoms with Crippen LogP contribution < -0.4 is 0 Å². The third kappa shape index (κ3) is 3.39. The van der Waals surface area contributed by atoms with Crippen molar-refractivity contribution in [3.8, 4) is 17.5 Å². The first kappa shape index (κ1) is 17.2. The molecule has 130 valence electrons. The van der Waals surface area contributed by atoms with E-state index in [1.165, 1.54) is 4.80 Å². The van der Waals surface area contributed by atoms with Crippen molar-refractivity contribution in [2.45, 2.75) is 13.3 Å². The molecule has 0 aliphatic rings. The number of rotatable bonds is 5. The SMILES string of the molecule is C=CC(=O)OCCc1cc(C)cc(-n2nc3ccc(C#N)cc3n2)c1O. The van der Waals surface area contributed by atoms with E-state index in [4.69, 9.17) is 10.00 Å². The van der Waals surface area contributed by atoms with Crippen molar-refractivity contribution in [1.82, 2.24) is 15.0 Å². The van der Waals surface area contributed by atoms with E-state index >= 15 is 0 Å². The van der Waals surface area contributed by atoms with Crippen LogP contribution in [-0.2, 0) is 16.0 Å². The van der Waals surface area contributed by atoms with Crippen LogP contribution in [0.5, 0.6) is 5.75 Å². The second-order valence-corrected chi connectivity index (χ2v) is 5.72. The maximum absolute atomic E-state index is 11.1. The number of benzene rings is 2. The molecule has 26 heavy (non-hydrogen) atoms. The summed E-state index contributed by atoms with van der Waals surface area (Å²) in [5.74, 6) is -0.489. The summed E-state index contributed by atoms with van der Waals surface area (Å²) in [7, 11) is 0. The van der Waals surface area contributed by atoms with Crippen LogP contribution in [-0.4, -0.2) is 32.7 Å². The Balaban J connectivity index is 1.96. The minimum atomic E-state index is -0.509. The zero-order valence-corrected chi connectivity index (χ0v) is 14.1. The molecule has 1 heterocycles. The Labute approximate surface area is 149 Å². The van der Waals surface area contributed by atoms with E-state index in [9.17, 15) is 9.90 Å². The topological polar surface area (TPSA) is 101 Å². The molecule has 0 unspecified atom stereocenters. The third-order valence-corrected chi connectivity index (χ3v) is 3.82. The van der Waals surface area contributed by atoms with E-state index in [2.05, 4.69) is 22.8 Å². The molecule has 1 aromatic heterocycles. The zero-order chi connectivity index (χ0) is 18.7. The van der Waals surface area contributed by atoms with Gasteiger partial charge in [-0.3, -0.25) is 0 Å². The van der Waals surface area contributed by atoms with Gasteiger partial charge >= 0.3 is 5.97 Å². The summed E-state index contributed by atoms with van der Waals surface area (Å²) >= 11 is 0. The van der Waals surface area contributed by atoms with Gasteiger partial charge in [0, 0.05) is 12.5 Å². The lowest BCUT2D eigenvalue weighted by Gasteiger charge is -2.11. The number of nitrogens with zero attached hydrogens (tertiary/aromatic N) is 4. The Hall–Kier alpha value is -3.66. The van der Waals surface area contributed by atoms with Crippen molar-refractivity contribution in [2.75, 3.05) is 6.61 Å². The standard InChI is InChI=1S/C19H16N4O3/c1-3-18(24)26-7-6-14-8-12(2)9-17(19(14)25)23-21-15-5-4-13(11-20)10-16(15)22-23/h3-5,8-10,25H,1,6-7H2,2H3. The molecule has 0 radical (unpaired) electrons. The van der Waals surface area contributed by atoms with Gasteiger partial charge in [0.15, 0.2) is 0 Å². The van der Waals surface area contributed by atoms with Crippen LogP contribution in [0.2, 0.25) is 0 Å². The molecule has 3 aromatic rings. The Morgan fingerprint density at radius 2 is 2.12 bits per heavy atom. The molecule has 3 rings (SSSR count). The van der Waals surface area contributed by atoms with Crippen molar-refractivity contribution < 1.29 is 14.6 Å². The number of hydrogen-bond donors (Lipinski definition) is 1. The molecule has 0 saturated carbocycles. The van der Waals surface area contributed by atoms with E-state index in [-0.39, 0.29) is 12.4 Å². The van der Waals surface area contributed by atoms with Crippen LogP contribution in [0.4, 0.5) is 0 Å². The number of carbonyl (C=O) groups excluding carboxylic acids is 1. The summed E-state index contributed by atoms with van der Waals surface area (Å²) in [4.78, 5) is 12.5. The lowest BCUT2D eigenvalue weighted by Crippen LogP contribution is -2.06. The first-order valence-corrected chi connectivity index (χ1v) is 7.91. The zero-order valence-electron chi connectivity index (χ0n) is 14.1. The van der Waals surface area contributed by atoms with Crippen molar-refractivity contribution >= 4 is 17.0 Å². The average molecular weight is 348 g/mol. The van der Waals surface area contributed by atoms with Gasteiger partial charge in [0.2, 0.25) is 0 Å². The number of aryl methyl sites for hydroxylation is 1. The van der Waals surface area contributed by atoms with Gasteiger partial charge in [-0.2, -0.15) is 5.26 Å². The van der Waals surface area contributed by atoms with Crippen LogP contribution >= 0.6 is 0 Å². The highest BCUT2D eigenvalue weighted by Crippen LogP contribution is 2.28. The largest absolute Gasteiger partial charge is 0.505 e. The first-order valence-electron chi connectivity index (χ1n) is 7.91. The summed E-state index contributed by atoms with van der Waals surface area (Å²) in [5, 5.41) is 28.3. The number of carbonyl (C=O) groups is 1. The fourth-order valence-electron chi connectivity index (χ4n) is 2.59. The molecule has 0 aliphatic carbocycles. The molecule has 0 spiro atoms. The summed E-state index contributed by atoms with van der Waals surface area (Å²) in [6, 6.07) is 10.7. The van der Waals surface area contributed by atoms with Crippen LogP contribution in [0, 0.1) is 18.3 Å². The predicted molar refractivity (Wildman–Crippen MR) is 94.8 cm³/mol. The van der Waals surface area contributed by atoms with Crippen LogP contribution in [0.3, 0.4) is 0 Å². The number of nitriles is 1. The highest BCUT2D eigenvalue weighted by atomic mass is 16.5. The van der Waals surface area contributed by atoms with Gasteiger partial charge in [0.25, 0.3) is 0 Å². The lowest BCUT2D eigenvalue weighted by atomic mass is 10.1. The lowest BCUT2D eigenvalue weighted by molar-refractivity contribution is -0.137. The van der Waals surface area contributed by atoms with Gasteiger partial charge in [0.05, 0.1) is 18.2 Å². The number of phenolic OH excluding ortho intramolecular Hbond substituents is 1. The number of hydrogen-bond acceptors (Lipinski definition) is 6. The predicted octanol–water partition coefficient (Wildman–Crippen LogP) is 2.58. The quantitative estimate of drug-likeness (QED) is 0.562. The number of phenols is 1. The first-order chi connectivity index (χ1) is 12.5. The van der Waals surface area contributed by atoms with Crippen molar-refractivity contribution in [2.24, 2.45) is 0 Å². The van der Waals surface area contributed by atoms with Gasteiger partial charge in [-0.25, -0.2) is 4.79 Å². The fourth-order valence-corrected chi connectivity index (χ4v) is 2.59. The van der Waals surface area contributed by atoms with Crippen molar-refractivity contribution in [3.05, 3.63) is 59.7 Å². The highest BCUT2D eigenvalue weighted by Gasteiger charge is 2.14. The molecular weight excluding hydrogens is 332 g/mol. The molecule has 0 bridgehead atoms. The molecule has 7 nitrogen and oxygen atoms in total. The third-order valence-electron chi connectivity index (χ3n) is 3.82. The summed E-state index contributed by atoms with van der Waals surface area (Å²) in [6.07, 6.45) is 1.44. The Kier molecular flexibility index (Phi) is 4.67. The minimum absolute atomic E-state index is 0.0195. The number of aromatic hydroxyl groups is 1. The Bertz CT molecular complexity index is 1050. The molecule has 7 heteroatoms. The molecule has 0 fully saturated rings. The molecule has 0 amide bonds. The normalized spacial score (nSPS) is 10.5. The van der Waals surface area contributed by atoms with Gasteiger partial charge in [-0.05, 0) is 42.3 Å². The molecule has 1 N–H and O–H groups in total. The summed E-state index contributed by atoms with van der Waals surface area (Å²) in [6.45, 7) is 5.36. The highest BCUT2D eigenvalue weighted by molar-refractivity contribution is 5.81. The molecule has 0 atom stereocenters. The number of aromatic nitrogens is 3. The maximum Gasteiger partial charge on any atom is 0.330 e. The molecular formula is C19H16N4O3. The molecule has 0 saturated heterocycles. The Morgan fingerprint density at radius 3 is 2.85 bits per heavy atom. The smallest absolute Gasteiger partial charge is 0.330 e. The number of esters is 1. The van der Waals surface area contributed by atoms with Crippen LogP contribution in [0.15, 0.2) is 43.0 Å². The monoisotopic (exact) mass is 348 g/mol. The van der Waals surface area contributed by atoms with E-state index in [1.807, 2.05) is 13.0 Å². The average Bonchev–Trinajstić information content (AvgIpc) is 3.06. The van der Waals surface area contributed by atoms with E-state index in [1.54, 1.807) is 24.3 Å². The van der Waals surface area contributed by atoms with Crippen LogP contribution in [0.1, 0.15) is 16.7 Å². The summed E-state index contributed by atoms with van der Waals surface area (Å²) in [5.41, 5.74) is 3.61. The second kappa shape index (κ2) is 7.07. The Morgan fingerprint density at radius 1 is 1.35 bits per heavy atom. The van der Waals surface area contributed by atoms with Crippen molar-refractivity contribution in [3.63, 3.8) is 0 Å². The summed E-state index contributed by atoms with van der Waals surface area (Å²) < 4.78 is 4.97. The van der Waals surface area contributed by atoms with Gasteiger partial charge in [-0.1, -0.05) is 12.6 Å². The fraction of sp³-hybridized carbons (Fsp3) is 0.158. The second-order valence-electron chi connectivity index (χ2n) is 5.72. The number of ether oxygens (including phenoxy) is 1. The van der Waals surface area contributed by atoms with E-state index in [0.717, 1.165) is 11.6 Å². The molecule has 0 aliphatic heterocycles. The number of fused-ring (bicyclic) bond motifs is 1. The van der Waals surface area contributed by atoms with E-state index in [0.29, 0.717) is 34.3 Å². The van der Waals surface area contributed by atoms with Gasteiger partial charge in [-0.15, -0.1) is 15.0 Å². The molecule has 2 aromatic carbocycles. The van der Waals surface area contributed by atoms with E-state index < -0.39 is 5.97 Å². The van der Waals surface area contributed by atoms with Crippen LogP contribution in [0.25, 0.3) is 16.7 Å². The van der Waals surface area contributed by atoms with Gasteiger partial charge in [0.1, 0.15) is 22.5 Å². The maximum atomic E-state index is 11.1. The van der Waals surface area contributed by atoms with Gasteiger partial charge < -0.3 is 9.84 Å². The minimum Gasteiger partial charge on any atom is -0.505 e.